The lowest BCUT2D eigenvalue weighted by Gasteiger charge is -2.32. The third-order valence-electron chi connectivity index (χ3n) is 5.65. The highest BCUT2D eigenvalue weighted by molar-refractivity contribution is 5.74. The molecular formula is C26H33N3O3. The van der Waals surface area contributed by atoms with Gasteiger partial charge in [0.25, 0.3) is 6.01 Å². The maximum absolute atomic E-state index is 5.90. The van der Waals surface area contributed by atoms with Crippen LogP contribution in [0.5, 0.6) is 11.5 Å². The number of benzene rings is 2. The Labute approximate surface area is 190 Å². The van der Waals surface area contributed by atoms with Crippen LogP contribution < -0.4 is 14.8 Å². The monoisotopic (exact) mass is 435 g/mol. The molecule has 0 saturated carbocycles. The molecule has 1 fully saturated rings. The van der Waals surface area contributed by atoms with Gasteiger partial charge in [-0.05, 0) is 69.5 Å². The van der Waals surface area contributed by atoms with E-state index in [4.69, 9.17) is 13.9 Å². The first-order valence-corrected chi connectivity index (χ1v) is 11.5. The van der Waals surface area contributed by atoms with E-state index in [0.29, 0.717) is 25.3 Å². The minimum atomic E-state index is 0.379. The summed E-state index contributed by atoms with van der Waals surface area (Å²) in [6.07, 6.45) is 4.19. The third-order valence-corrected chi connectivity index (χ3v) is 5.65. The van der Waals surface area contributed by atoms with Gasteiger partial charge in [0.05, 0.1) is 6.61 Å². The van der Waals surface area contributed by atoms with Crippen LogP contribution in [0.1, 0.15) is 39.2 Å². The predicted octanol–water partition coefficient (Wildman–Crippen LogP) is 5.65. The largest absolute Gasteiger partial charge is 0.490 e. The number of nitrogens with zero attached hydrogens (tertiary/aromatic N) is 2. The molecule has 2 aromatic carbocycles. The van der Waals surface area contributed by atoms with E-state index in [1.807, 2.05) is 37.3 Å². The molecule has 1 saturated heterocycles. The van der Waals surface area contributed by atoms with Gasteiger partial charge in [0, 0.05) is 25.7 Å². The van der Waals surface area contributed by atoms with E-state index in [0.717, 1.165) is 55.1 Å². The van der Waals surface area contributed by atoms with Crippen molar-refractivity contribution in [3.05, 3.63) is 59.7 Å². The van der Waals surface area contributed by atoms with Gasteiger partial charge in [0.2, 0.25) is 0 Å². The second-order valence-corrected chi connectivity index (χ2v) is 8.49. The molecule has 3 aromatic rings. The molecule has 1 aliphatic rings. The Hall–Kier alpha value is -2.99. The molecule has 1 aromatic heterocycles. The average molecular weight is 436 g/mol. The molecule has 0 amide bonds. The number of hydrogen-bond acceptors (Lipinski definition) is 6. The van der Waals surface area contributed by atoms with Crippen LogP contribution in [0.2, 0.25) is 0 Å². The lowest BCUT2D eigenvalue weighted by atomic mass is 10.0. The number of fused-ring (bicyclic) bond motifs is 1. The minimum absolute atomic E-state index is 0.379. The van der Waals surface area contributed by atoms with E-state index in [1.54, 1.807) is 0 Å². The van der Waals surface area contributed by atoms with E-state index >= 15 is 0 Å². The van der Waals surface area contributed by atoms with Gasteiger partial charge in [-0.2, -0.15) is 4.98 Å². The van der Waals surface area contributed by atoms with Gasteiger partial charge in [-0.1, -0.05) is 23.8 Å². The van der Waals surface area contributed by atoms with Crippen molar-refractivity contribution in [2.75, 3.05) is 31.6 Å². The van der Waals surface area contributed by atoms with Crippen LogP contribution in [-0.4, -0.2) is 42.2 Å². The SMILES string of the molecule is CCOc1cc(CN2CCC(Nc3nc4ccccc4o3)CC2)ccc1OCC=C(C)C. The maximum atomic E-state index is 5.90. The van der Waals surface area contributed by atoms with E-state index in [9.17, 15) is 0 Å². The summed E-state index contributed by atoms with van der Waals surface area (Å²) in [5.74, 6) is 1.62. The van der Waals surface area contributed by atoms with Crippen molar-refractivity contribution >= 4 is 17.1 Å². The van der Waals surface area contributed by atoms with Gasteiger partial charge in [0.1, 0.15) is 12.1 Å². The molecule has 0 atom stereocenters. The van der Waals surface area contributed by atoms with Crippen LogP contribution in [0.15, 0.2) is 58.5 Å². The lowest BCUT2D eigenvalue weighted by molar-refractivity contribution is 0.210. The number of aromatic nitrogens is 1. The van der Waals surface area contributed by atoms with Crippen molar-refractivity contribution in [1.82, 2.24) is 9.88 Å². The molecular weight excluding hydrogens is 402 g/mol. The Morgan fingerprint density at radius 2 is 1.94 bits per heavy atom. The summed E-state index contributed by atoms with van der Waals surface area (Å²) in [7, 11) is 0. The number of likely N-dealkylation sites (tertiary alicyclic amines) is 1. The third kappa shape index (κ3) is 5.82. The minimum Gasteiger partial charge on any atom is -0.490 e. The maximum Gasteiger partial charge on any atom is 0.295 e. The zero-order valence-electron chi connectivity index (χ0n) is 19.3. The topological polar surface area (TPSA) is 59.8 Å². The number of hydrogen-bond donors (Lipinski definition) is 1. The normalized spacial score (nSPS) is 15.0. The molecule has 0 radical (unpaired) electrons. The number of piperidine rings is 1. The quantitative estimate of drug-likeness (QED) is 0.439. The standard InChI is InChI=1S/C26H33N3O3/c1-4-30-25-17-20(9-10-24(25)31-16-13-19(2)3)18-29-14-11-21(12-15-29)27-26-28-22-7-5-6-8-23(22)32-26/h5-10,13,17,21H,4,11-12,14-16,18H2,1-3H3,(H,27,28). The zero-order chi connectivity index (χ0) is 22.3. The summed E-state index contributed by atoms with van der Waals surface area (Å²) < 4.78 is 17.6. The summed E-state index contributed by atoms with van der Waals surface area (Å²) in [5.41, 5.74) is 4.21. The van der Waals surface area contributed by atoms with Crippen molar-refractivity contribution in [3.8, 4) is 11.5 Å². The van der Waals surface area contributed by atoms with Gasteiger partial charge in [-0.25, -0.2) is 0 Å². The van der Waals surface area contributed by atoms with Gasteiger partial charge >= 0.3 is 0 Å². The molecule has 4 rings (SSSR count). The summed E-state index contributed by atoms with van der Waals surface area (Å²) in [4.78, 5) is 7.02. The van der Waals surface area contributed by atoms with Crippen LogP contribution in [0.3, 0.4) is 0 Å². The summed E-state index contributed by atoms with van der Waals surface area (Å²) in [5, 5.41) is 3.47. The van der Waals surface area contributed by atoms with E-state index in [2.05, 4.69) is 47.3 Å². The number of rotatable bonds is 9. The Balaban J connectivity index is 1.31. The van der Waals surface area contributed by atoms with E-state index in [-0.39, 0.29) is 0 Å². The lowest BCUT2D eigenvalue weighted by Crippen LogP contribution is -2.38. The first-order valence-electron chi connectivity index (χ1n) is 11.5. The zero-order valence-corrected chi connectivity index (χ0v) is 19.3. The summed E-state index contributed by atoms with van der Waals surface area (Å²) in [6.45, 7) is 10.3. The van der Waals surface area contributed by atoms with Crippen molar-refractivity contribution in [2.24, 2.45) is 0 Å². The highest BCUT2D eigenvalue weighted by Gasteiger charge is 2.21. The Kier molecular flexibility index (Phi) is 7.32. The summed E-state index contributed by atoms with van der Waals surface area (Å²) in [6, 6.07) is 15.2. The number of nitrogens with one attached hydrogen (secondary N) is 1. The number of oxazole rings is 1. The molecule has 32 heavy (non-hydrogen) atoms. The fourth-order valence-corrected chi connectivity index (χ4v) is 3.94. The van der Waals surface area contributed by atoms with Crippen molar-refractivity contribution in [2.45, 2.75) is 46.2 Å². The Bertz CT molecular complexity index is 1010. The van der Waals surface area contributed by atoms with E-state index in [1.165, 1.54) is 11.1 Å². The first-order chi connectivity index (χ1) is 15.6. The molecule has 6 nitrogen and oxygen atoms in total. The van der Waals surface area contributed by atoms with Crippen molar-refractivity contribution in [3.63, 3.8) is 0 Å². The number of ether oxygens (including phenoxy) is 2. The predicted molar refractivity (Wildman–Crippen MR) is 128 cm³/mol. The fourth-order valence-electron chi connectivity index (χ4n) is 3.94. The molecule has 6 heteroatoms. The fraction of sp³-hybridized carbons (Fsp3) is 0.423. The van der Waals surface area contributed by atoms with Crippen molar-refractivity contribution in [1.29, 1.82) is 0 Å². The van der Waals surface area contributed by atoms with Crippen LogP contribution in [0.25, 0.3) is 11.1 Å². The second kappa shape index (κ2) is 10.6. The Morgan fingerprint density at radius 1 is 1.12 bits per heavy atom. The first kappa shape index (κ1) is 22.2. The van der Waals surface area contributed by atoms with Gasteiger partial charge in [-0.15, -0.1) is 0 Å². The molecule has 170 valence electrons. The highest BCUT2D eigenvalue weighted by atomic mass is 16.5. The molecule has 0 spiro atoms. The smallest absolute Gasteiger partial charge is 0.295 e. The molecule has 0 bridgehead atoms. The van der Waals surface area contributed by atoms with Crippen LogP contribution in [0.4, 0.5) is 6.01 Å². The average Bonchev–Trinajstić information content (AvgIpc) is 3.19. The molecule has 1 N–H and O–H groups in total. The van der Waals surface area contributed by atoms with Crippen LogP contribution >= 0.6 is 0 Å². The second-order valence-electron chi connectivity index (χ2n) is 8.49. The van der Waals surface area contributed by atoms with Crippen LogP contribution in [-0.2, 0) is 6.54 Å². The van der Waals surface area contributed by atoms with Gasteiger partial charge < -0.3 is 19.2 Å². The van der Waals surface area contributed by atoms with Gasteiger partial charge in [0.15, 0.2) is 17.1 Å². The number of anilines is 1. The molecule has 0 unspecified atom stereocenters. The molecule has 1 aliphatic heterocycles. The summed E-state index contributed by atoms with van der Waals surface area (Å²) >= 11 is 0. The van der Waals surface area contributed by atoms with Crippen LogP contribution in [0, 0.1) is 0 Å². The number of para-hydroxylation sites is 2. The molecule has 0 aliphatic carbocycles. The Morgan fingerprint density at radius 3 is 2.69 bits per heavy atom. The van der Waals surface area contributed by atoms with E-state index < -0.39 is 0 Å². The highest BCUT2D eigenvalue weighted by Crippen LogP contribution is 2.30. The molecule has 2 heterocycles. The number of allylic oxidation sites excluding steroid dienone is 1. The van der Waals surface area contributed by atoms with Crippen molar-refractivity contribution < 1.29 is 13.9 Å². The van der Waals surface area contributed by atoms with Gasteiger partial charge in [-0.3, -0.25) is 4.90 Å².